The molecule has 1 nitrogen and oxygen atoms in total. The molecular formula is C13H20FN. The van der Waals surface area contributed by atoms with E-state index in [1.54, 1.807) is 6.07 Å². The lowest BCUT2D eigenvalue weighted by Crippen LogP contribution is -2.03. The van der Waals surface area contributed by atoms with E-state index in [-0.39, 0.29) is 5.82 Å². The Morgan fingerprint density at radius 2 is 2.00 bits per heavy atom. The minimum Gasteiger partial charge on any atom is -0.385 e. The van der Waals surface area contributed by atoms with Gasteiger partial charge < -0.3 is 5.32 Å². The number of benzene rings is 1. The van der Waals surface area contributed by atoms with Gasteiger partial charge in [0.25, 0.3) is 0 Å². The molecule has 0 heterocycles. The average Bonchev–Trinajstić information content (AvgIpc) is 2.24. The first-order chi connectivity index (χ1) is 7.25. The van der Waals surface area contributed by atoms with Crippen LogP contribution in [-0.2, 0) is 0 Å². The number of halogens is 1. The first kappa shape index (κ1) is 12.0. The molecule has 0 aromatic heterocycles. The van der Waals surface area contributed by atoms with Crippen molar-refractivity contribution >= 4 is 5.69 Å². The summed E-state index contributed by atoms with van der Waals surface area (Å²) in [5.74, 6) is -0.131. The molecule has 1 aromatic carbocycles. The number of unbranched alkanes of at least 4 members (excludes halogenated alkanes) is 3. The second kappa shape index (κ2) is 6.44. The van der Waals surface area contributed by atoms with Gasteiger partial charge in [-0.15, -0.1) is 0 Å². The number of rotatable bonds is 6. The third kappa shape index (κ3) is 3.90. The van der Waals surface area contributed by atoms with Crippen molar-refractivity contribution < 1.29 is 4.39 Å². The summed E-state index contributed by atoms with van der Waals surface area (Å²) in [4.78, 5) is 0. The standard InChI is InChI=1S/C13H20FN/c1-3-4-5-6-10-15-13-9-7-8-12(14)11(13)2/h7-9,15H,3-6,10H2,1-2H3. The second-order valence-electron chi connectivity index (χ2n) is 3.90. The zero-order chi connectivity index (χ0) is 11.1. The highest BCUT2D eigenvalue weighted by atomic mass is 19.1. The third-order valence-corrected chi connectivity index (χ3v) is 2.61. The summed E-state index contributed by atoms with van der Waals surface area (Å²) in [6, 6.07) is 5.17. The first-order valence-corrected chi connectivity index (χ1v) is 5.74. The number of hydrogen-bond donors (Lipinski definition) is 1. The van der Waals surface area contributed by atoms with Crippen LogP contribution in [0, 0.1) is 12.7 Å². The molecule has 84 valence electrons. The molecule has 0 unspecified atom stereocenters. The van der Waals surface area contributed by atoms with Crippen LogP contribution < -0.4 is 5.32 Å². The summed E-state index contributed by atoms with van der Waals surface area (Å²) in [6.45, 7) is 4.94. The van der Waals surface area contributed by atoms with Gasteiger partial charge >= 0.3 is 0 Å². The summed E-state index contributed by atoms with van der Waals surface area (Å²) in [5.41, 5.74) is 1.64. The van der Waals surface area contributed by atoms with E-state index in [2.05, 4.69) is 12.2 Å². The van der Waals surface area contributed by atoms with Crippen LogP contribution in [0.5, 0.6) is 0 Å². The predicted molar refractivity (Wildman–Crippen MR) is 63.8 cm³/mol. The van der Waals surface area contributed by atoms with Gasteiger partial charge in [-0.2, -0.15) is 0 Å². The van der Waals surface area contributed by atoms with Gasteiger partial charge in [-0.3, -0.25) is 0 Å². The largest absolute Gasteiger partial charge is 0.385 e. The van der Waals surface area contributed by atoms with Gasteiger partial charge in [-0.05, 0) is 25.5 Å². The zero-order valence-electron chi connectivity index (χ0n) is 9.65. The molecule has 15 heavy (non-hydrogen) atoms. The summed E-state index contributed by atoms with van der Waals surface area (Å²) in [7, 11) is 0. The van der Waals surface area contributed by atoms with Crippen molar-refractivity contribution in [2.45, 2.75) is 39.5 Å². The molecule has 0 fully saturated rings. The molecule has 2 heteroatoms. The highest BCUT2D eigenvalue weighted by Gasteiger charge is 2.01. The Kier molecular flexibility index (Phi) is 5.16. The van der Waals surface area contributed by atoms with Gasteiger partial charge in [0.2, 0.25) is 0 Å². The molecule has 0 aliphatic carbocycles. The Labute approximate surface area is 91.7 Å². The molecule has 0 amide bonds. The van der Waals surface area contributed by atoms with E-state index in [0.29, 0.717) is 5.56 Å². The van der Waals surface area contributed by atoms with Gasteiger partial charge in [0.1, 0.15) is 5.82 Å². The molecule has 1 rings (SSSR count). The molecule has 0 spiro atoms. The highest BCUT2D eigenvalue weighted by molar-refractivity contribution is 5.50. The lowest BCUT2D eigenvalue weighted by atomic mass is 10.1. The molecule has 0 bridgehead atoms. The maximum atomic E-state index is 13.2. The molecule has 0 saturated carbocycles. The van der Waals surface area contributed by atoms with E-state index in [9.17, 15) is 4.39 Å². The van der Waals surface area contributed by atoms with Gasteiger partial charge in [0.05, 0.1) is 0 Å². The highest BCUT2D eigenvalue weighted by Crippen LogP contribution is 2.17. The van der Waals surface area contributed by atoms with Crippen LogP contribution in [0.25, 0.3) is 0 Å². The van der Waals surface area contributed by atoms with Crippen LogP contribution in [0.3, 0.4) is 0 Å². The van der Waals surface area contributed by atoms with Gasteiger partial charge in [0, 0.05) is 17.8 Å². The van der Waals surface area contributed by atoms with E-state index in [1.165, 1.54) is 25.3 Å². The third-order valence-electron chi connectivity index (χ3n) is 2.61. The SMILES string of the molecule is CCCCCCNc1cccc(F)c1C. The van der Waals surface area contributed by atoms with Crippen LogP contribution in [0.1, 0.15) is 38.2 Å². The minimum atomic E-state index is -0.131. The van der Waals surface area contributed by atoms with Crippen LogP contribution in [0.4, 0.5) is 10.1 Å². The van der Waals surface area contributed by atoms with Crippen molar-refractivity contribution in [1.29, 1.82) is 0 Å². The molecule has 0 radical (unpaired) electrons. The van der Waals surface area contributed by atoms with Crippen molar-refractivity contribution in [2.75, 3.05) is 11.9 Å². The van der Waals surface area contributed by atoms with Crippen molar-refractivity contribution in [3.63, 3.8) is 0 Å². The van der Waals surface area contributed by atoms with Crippen molar-refractivity contribution in [3.05, 3.63) is 29.6 Å². The number of nitrogens with one attached hydrogen (secondary N) is 1. The fourth-order valence-electron chi connectivity index (χ4n) is 1.57. The van der Waals surface area contributed by atoms with Crippen LogP contribution >= 0.6 is 0 Å². The molecule has 0 aliphatic heterocycles. The van der Waals surface area contributed by atoms with Crippen LogP contribution in [0.2, 0.25) is 0 Å². The second-order valence-corrected chi connectivity index (χ2v) is 3.90. The lowest BCUT2D eigenvalue weighted by Gasteiger charge is -2.09. The van der Waals surface area contributed by atoms with Gasteiger partial charge in [-0.25, -0.2) is 4.39 Å². The molecule has 0 atom stereocenters. The summed E-state index contributed by atoms with van der Waals surface area (Å²) in [6.07, 6.45) is 4.93. The quantitative estimate of drug-likeness (QED) is 0.695. The molecular weight excluding hydrogens is 189 g/mol. The summed E-state index contributed by atoms with van der Waals surface area (Å²) < 4.78 is 13.2. The maximum absolute atomic E-state index is 13.2. The Morgan fingerprint density at radius 1 is 1.20 bits per heavy atom. The summed E-state index contributed by atoms with van der Waals surface area (Å²) in [5, 5.41) is 3.27. The maximum Gasteiger partial charge on any atom is 0.128 e. The first-order valence-electron chi connectivity index (χ1n) is 5.74. The zero-order valence-corrected chi connectivity index (χ0v) is 9.65. The fraction of sp³-hybridized carbons (Fsp3) is 0.538. The molecule has 1 aromatic rings. The predicted octanol–water partition coefficient (Wildman–Crippen LogP) is 4.13. The number of hydrogen-bond acceptors (Lipinski definition) is 1. The van der Waals surface area contributed by atoms with E-state index in [4.69, 9.17) is 0 Å². The normalized spacial score (nSPS) is 10.3. The Balaban J connectivity index is 2.34. The van der Waals surface area contributed by atoms with E-state index in [0.717, 1.165) is 18.7 Å². The van der Waals surface area contributed by atoms with Crippen molar-refractivity contribution in [3.8, 4) is 0 Å². The smallest absolute Gasteiger partial charge is 0.128 e. The molecule has 1 N–H and O–H groups in total. The van der Waals surface area contributed by atoms with E-state index < -0.39 is 0 Å². The monoisotopic (exact) mass is 209 g/mol. The fourth-order valence-corrected chi connectivity index (χ4v) is 1.57. The average molecular weight is 209 g/mol. The Bertz CT molecular complexity index is 297. The lowest BCUT2D eigenvalue weighted by molar-refractivity contribution is 0.618. The van der Waals surface area contributed by atoms with Crippen molar-refractivity contribution in [2.24, 2.45) is 0 Å². The Hall–Kier alpha value is -1.05. The van der Waals surface area contributed by atoms with E-state index in [1.807, 2.05) is 13.0 Å². The van der Waals surface area contributed by atoms with Gasteiger partial charge in [0.15, 0.2) is 0 Å². The minimum absolute atomic E-state index is 0.131. The van der Waals surface area contributed by atoms with E-state index >= 15 is 0 Å². The number of anilines is 1. The summed E-state index contributed by atoms with van der Waals surface area (Å²) >= 11 is 0. The van der Waals surface area contributed by atoms with Crippen LogP contribution in [0.15, 0.2) is 18.2 Å². The van der Waals surface area contributed by atoms with Gasteiger partial charge in [-0.1, -0.05) is 32.3 Å². The molecule has 0 saturated heterocycles. The van der Waals surface area contributed by atoms with Crippen LogP contribution in [-0.4, -0.2) is 6.54 Å². The topological polar surface area (TPSA) is 12.0 Å². The Morgan fingerprint density at radius 3 is 2.73 bits per heavy atom. The molecule has 0 aliphatic rings. The van der Waals surface area contributed by atoms with Crippen molar-refractivity contribution in [1.82, 2.24) is 0 Å².